The Bertz CT molecular complexity index is 1060. The molecule has 2 aromatic heterocycles. The summed E-state index contributed by atoms with van der Waals surface area (Å²) in [6, 6.07) is 5.78. The Balaban J connectivity index is 1.51. The quantitative estimate of drug-likeness (QED) is 0.461. The van der Waals surface area contributed by atoms with Gasteiger partial charge in [-0.3, -0.25) is 4.79 Å². The van der Waals surface area contributed by atoms with E-state index in [4.69, 9.17) is 9.97 Å². The minimum atomic E-state index is -0.0656. The van der Waals surface area contributed by atoms with Crippen molar-refractivity contribution < 1.29 is 4.79 Å². The fourth-order valence-corrected chi connectivity index (χ4v) is 4.27. The van der Waals surface area contributed by atoms with E-state index in [0.29, 0.717) is 18.7 Å². The molecule has 0 bridgehead atoms. The average Bonchev–Trinajstić information content (AvgIpc) is 3.40. The van der Waals surface area contributed by atoms with Gasteiger partial charge in [0.2, 0.25) is 0 Å². The molecule has 1 N–H and O–H groups in total. The molecular weight excluding hydrogens is 396 g/mol. The van der Waals surface area contributed by atoms with Crippen molar-refractivity contribution >= 4 is 34.5 Å². The summed E-state index contributed by atoms with van der Waals surface area (Å²) in [6.07, 6.45) is 4.25. The number of nitrogens with one attached hydrogen (secondary N) is 1. The molecule has 1 saturated heterocycles. The van der Waals surface area contributed by atoms with Gasteiger partial charge in [-0.1, -0.05) is 24.8 Å². The lowest BCUT2D eigenvalue weighted by molar-refractivity contribution is 0.0952. The highest BCUT2D eigenvalue weighted by Crippen LogP contribution is 2.29. The van der Waals surface area contributed by atoms with Gasteiger partial charge in [-0.2, -0.15) is 5.10 Å². The maximum absolute atomic E-state index is 12.5. The standard InChI is InChI=1S/C22H28N6OS/c1-4-30-22-25-19(27-10-5-6-11-27)18-14-24-28(20(18)26-22)12-9-23-21(29)17-8-7-15(2)16(3)13-17/h7-8,13-14H,4-6,9-12H2,1-3H3,(H,23,29). The zero-order valence-corrected chi connectivity index (χ0v) is 18.6. The Morgan fingerprint density at radius 1 is 1.17 bits per heavy atom. The summed E-state index contributed by atoms with van der Waals surface area (Å²) in [5.74, 6) is 1.84. The summed E-state index contributed by atoms with van der Waals surface area (Å²) in [5, 5.41) is 9.32. The summed E-state index contributed by atoms with van der Waals surface area (Å²) in [6.45, 7) is 9.27. The third-order valence-corrected chi connectivity index (χ3v) is 6.24. The van der Waals surface area contributed by atoms with Crippen LogP contribution in [0.15, 0.2) is 29.6 Å². The fraction of sp³-hybridized carbons (Fsp3) is 0.455. The Labute approximate surface area is 181 Å². The molecule has 0 atom stereocenters. The number of fused-ring (bicyclic) bond motifs is 1. The monoisotopic (exact) mass is 424 g/mol. The van der Waals surface area contributed by atoms with Gasteiger partial charge in [0.15, 0.2) is 10.8 Å². The van der Waals surface area contributed by atoms with Crippen LogP contribution >= 0.6 is 11.8 Å². The minimum absolute atomic E-state index is 0.0656. The normalized spacial score (nSPS) is 13.9. The molecule has 30 heavy (non-hydrogen) atoms. The Morgan fingerprint density at radius 2 is 1.97 bits per heavy atom. The molecule has 7 nitrogen and oxygen atoms in total. The molecule has 3 heterocycles. The number of nitrogens with zero attached hydrogens (tertiary/aromatic N) is 5. The first-order chi connectivity index (χ1) is 14.6. The van der Waals surface area contributed by atoms with E-state index < -0.39 is 0 Å². The lowest BCUT2D eigenvalue weighted by atomic mass is 10.1. The summed E-state index contributed by atoms with van der Waals surface area (Å²) >= 11 is 1.64. The zero-order valence-electron chi connectivity index (χ0n) is 17.8. The smallest absolute Gasteiger partial charge is 0.251 e. The van der Waals surface area contributed by atoms with E-state index in [2.05, 4.69) is 22.2 Å². The molecule has 0 saturated carbocycles. The van der Waals surface area contributed by atoms with Crippen molar-refractivity contribution in [3.8, 4) is 0 Å². The first kappa shape index (κ1) is 20.7. The molecule has 3 aromatic rings. The first-order valence-electron chi connectivity index (χ1n) is 10.5. The number of hydrogen-bond acceptors (Lipinski definition) is 6. The number of thioether (sulfide) groups is 1. The molecular formula is C22H28N6OS. The first-order valence-corrected chi connectivity index (χ1v) is 11.5. The predicted octanol–water partition coefficient (Wildman–Crippen LogP) is 3.59. The van der Waals surface area contributed by atoms with Crippen molar-refractivity contribution in [2.24, 2.45) is 0 Å². The molecule has 1 aliphatic heterocycles. The lowest BCUT2D eigenvalue weighted by Gasteiger charge is -2.17. The van der Waals surface area contributed by atoms with Crippen molar-refractivity contribution in [1.29, 1.82) is 0 Å². The van der Waals surface area contributed by atoms with Gasteiger partial charge in [-0.15, -0.1) is 0 Å². The second kappa shape index (κ2) is 9.04. The van der Waals surface area contributed by atoms with Gasteiger partial charge in [0.05, 0.1) is 18.1 Å². The van der Waals surface area contributed by atoms with Crippen LogP contribution in [0.3, 0.4) is 0 Å². The third-order valence-electron chi connectivity index (χ3n) is 5.51. The van der Waals surface area contributed by atoms with E-state index in [9.17, 15) is 4.79 Å². The van der Waals surface area contributed by atoms with Gasteiger partial charge in [-0.25, -0.2) is 14.6 Å². The molecule has 1 amide bonds. The Kier molecular flexibility index (Phi) is 6.22. The SMILES string of the molecule is CCSc1nc(N2CCCC2)c2cnn(CCNC(=O)c3ccc(C)c(C)c3)c2n1. The molecule has 0 unspecified atom stereocenters. The van der Waals surface area contributed by atoms with Crippen LogP contribution in [0, 0.1) is 13.8 Å². The number of hydrogen-bond donors (Lipinski definition) is 1. The third kappa shape index (κ3) is 4.28. The van der Waals surface area contributed by atoms with E-state index in [1.54, 1.807) is 11.8 Å². The minimum Gasteiger partial charge on any atom is -0.356 e. The van der Waals surface area contributed by atoms with Crippen LogP contribution in [0.5, 0.6) is 0 Å². The van der Waals surface area contributed by atoms with E-state index in [-0.39, 0.29) is 5.91 Å². The molecule has 1 aliphatic rings. The van der Waals surface area contributed by atoms with Crippen molar-refractivity contribution in [3.63, 3.8) is 0 Å². The van der Waals surface area contributed by atoms with Crippen LogP contribution < -0.4 is 10.2 Å². The Hall–Kier alpha value is -2.61. The fourth-order valence-electron chi connectivity index (χ4n) is 3.71. The van der Waals surface area contributed by atoms with E-state index in [1.165, 1.54) is 18.4 Å². The summed E-state index contributed by atoms with van der Waals surface area (Å²) in [7, 11) is 0. The van der Waals surface area contributed by atoms with Gasteiger partial charge in [0.25, 0.3) is 5.91 Å². The number of amides is 1. The maximum Gasteiger partial charge on any atom is 0.251 e. The van der Waals surface area contributed by atoms with Crippen LogP contribution in [0.25, 0.3) is 11.0 Å². The van der Waals surface area contributed by atoms with Crippen LogP contribution in [0.4, 0.5) is 5.82 Å². The second-order valence-electron chi connectivity index (χ2n) is 7.62. The van der Waals surface area contributed by atoms with Gasteiger partial charge >= 0.3 is 0 Å². The molecule has 0 radical (unpaired) electrons. The lowest BCUT2D eigenvalue weighted by Crippen LogP contribution is -2.27. The highest BCUT2D eigenvalue weighted by molar-refractivity contribution is 7.99. The zero-order chi connectivity index (χ0) is 21.1. The van der Waals surface area contributed by atoms with Crippen LogP contribution in [0.1, 0.15) is 41.3 Å². The topological polar surface area (TPSA) is 75.9 Å². The average molecular weight is 425 g/mol. The van der Waals surface area contributed by atoms with Gasteiger partial charge < -0.3 is 10.2 Å². The van der Waals surface area contributed by atoms with Gasteiger partial charge in [0.1, 0.15) is 5.82 Å². The largest absolute Gasteiger partial charge is 0.356 e. The molecule has 8 heteroatoms. The van der Waals surface area contributed by atoms with E-state index in [0.717, 1.165) is 46.4 Å². The molecule has 1 aromatic carbocycles. The summed E-state index contributed by atoms with van der Waals surface area (Å²) in [5.41, 5.74) is 3.82. The van der Waals surface area contributed by atoms with Gasteiger partial charge in [0, 0.05) is 25.2 Å². The number of aryl methyl sites for hydroxylation is 2. The number of carbonyl (C=O) groups is 1. The molecule has 0 spiro atoms. The summed E-state index contributed by atoms with van der Waals surface area (Å²) < 4.78 is 1.87. The highest BCUT2D eigenvalue weighted by atomic mass is 32.2. The van der Waals surface area contributed by atoms with Crippen molar-refractivity contribution in [2.75, 3.05) is 30.3 Å². The number of carbonyl (C=O) groups excluding carboxylic acids is 1. The van der Waals surface area contributed by atoms with Crippen LogP contribution in [0.2, 0.25) is 0 Å². The number of anilines is 1. The van der Waals surface area contributed by atoms with Crippen molar-refractivity contribution in [3.05, 3.63) is 41.1 Å². The highest BCUT2D eigenvalue weighted by Gasteiger charge is 2.20. The molecule has 1 fully saturated rings. The predicted molar refractivity (Wildman–Crippen MR) is 121 cm³/mol. The maximum atomic E-state index is 12.5. The number of rotatable bonds is 7. The van der Waals surface area contributed by atoms with Gasteiger partial charge in [-0.05, 0) is 55.7 Å². The summed E-state index contributed by atoms with van der Waals surface area (Å²) in [4.78, 5) is 24.4. The van der Waals surface area contributed by atoms with Crippen LogP contribution in [-0.2, 0) is 6.54 Å². The molecule has 158 valence electrons. The van der Waals surface area contributed by atoms with E-state index in [1.807, 2.05) is 42.9 Å². The molecule has 0 aliphatic carbocycles. The number of benzene rings is 1. The Morgan fingerprint density at radius 3 is 2.70 bits per heavy atom. The van der Waals surface area contributed by atoms with Crippen molar-refractivity contribution in [1.82, 2.24) is 25.1 Å². The number of aromatic nitrogens is 4. The van der Waals surface area contributed by atoms with Crippen molar-refractivity contribution in [2.45, 2.75) is 45.3 Å². The second-order valence-corrected chi connectivity index (χ2v) is 8.85. The van der Waals surface area contributed by atoms with Crippen LogP contribution in [-0.4, -0.2) is 51.0 Å². The molecule has 4 rings (SSSR count). The van der Waals surface area contributed by atoms with E-state index >= 15 is 0 Å².